The molecule has 4 rings (SSSR count). The van der Waals surface area contributed by atoms with Crippen molar-refractivity contribution in [2.24, 2.45) is 11.8 Å². The summed E-state index contributed by atoms with van der Waals surface area (Å²) in [5.74, 6) is -1.27. The van der Waals surface area contributed by atoms with Crippen LogP contribution in [-0.4, -0.2) is 26.8 Å². The van der Waals surface area contributed by atoms with Gasteiger partial charge in [0, 0.05) is 5.69 Å². The average Bonchev–Trinajstić information content (AvgIpc) is 3.20. The van der Waals surface area contributed by atoms with E-state index in [-0.39, 0.29) is 17.5 Å². The molecular formula is C20H18BrN3O3. The van der Waals surface area contributed by atoms with Crippen LogP contribution in [0.1, 0.15) is 25.5 Å². The number of Topliss-reactive ketones (excluding diaryl/α,β-unsaturated/α-hetero) is 1. The Hall–Kier alpha value is -2.67. The van der Waals surface area contributed by atoms with Crippen molar-refractivity contribution in [1.29, 1.82) is 0 Å². The van der Waals surface area contributed by atoms with Crippen molar-refractivity contribution in [3.05, 3.63) is 52.8 Å². The molecule has 0 aliphatic carbocycles. The van der Waals surface area contributed by atoms with Crippen molar-refractivity contribution >= 4 is 44.3 Å². The average molecular weight is 428 g/mol. The fourth-order valence-corrected chi connectivity index (χ4v) is 4.17. The number of carbonyl (C=O) groups is 2. The number of H-pyrrole nitrogens is 1. The number of halogens is 1. The van der Waals surface area contributed by atoms with Gasteiger partial charge < -0.3 is 10.1 Å². The third kappa shape index (κ3) is 2.82. The molecule has 2 heterocycles. The van der Waals surface area contributed by atoms with Gasteiger partial charge in [0.25, 0.3) is 5.91 Å². The predicted molar refractivity (Wildman–Crippen MR) is 105 cm³/mol. The van der Waals surface area contributed by atoms with E-state index >= 15 is 0 Å². The topological polar surface area (TPSA) is 86.3 Å². The summed E-state index contributed by atoms with van der Waals surface area (Å²) >= 11 is 3.33. The van der Waals surface area contributed by atoms with E-state index < -0.39 is 17.9 Å². The first-order valence-electron chi connectivity index (χ1n) is 8.67. The Morgan fingerprint density at radius 1 is 1.19 bits per heavy atom. The van der Waals surface area contributed by atoms with E-state index in [0.717, 1.165) is 16.6 Å². The molecule has 6 nitrogen and oxygen atoms in total. The number of fused-ring (bicyclic) bond motifs is 1. The highest BCUT2D eigenvalue weighted by Gasteiger charge is 2.50. The Morgan fingerprint density at radius 3 is 2.67 bits per heavy atom. The molecule has 0 saturated carbocycles. The van der Waals surface area contributed by atoms with E-state index in [2.05, 4.69) is 25.9 Å². The number of benzene rings is 2. The van der Waals surface area contributed by atoms with E-state index in [1.54, 1.807) is 35.5 Å². The van der Waals surface area contributed by atoms with Crippen LogP contribution in [0.5, 0.6) is 5.75 Å². The van der Waals surface area contributed by atoms with Crippen molar-refractivity contribution in [2.45, 2.75) is 19.9 Å². The first-order chi connectivity index (χ1) is 12.9. The minimum Gasteiger partial charge on any atom is -0.507 e. The van der Waals surface area contributed by atoms with Gasteiger partial charge in [0.15, 0.2) is 0 Å². The highest BCUT2D eigenvalue weighted by molar-refractivity contribution is 9.10. The third-order valence-electron chi connectivity index (χ3n) is 5.06. The molecule has 27 heavy (non-hydrogen) atoms. The maximum absolute atomic E-state index is 12.9. The van der Waals surface area contributed by atoms with Crippen LogP contribution in [0.15, 0.2) is 47.2 Å². The fourth-order valence-electron chi connectivity index (χ4n) is 3.77. The summed E-state index contributed by atoms with van der Waals surface area (Å²) in [5.41, 5.74) is 3.03. The van der Waals surface area contributed by atoms with E-state index in [1.165, 1.54) is 0 Å². The fraction of sp³-hybridized carbons (Fsp3) is 0.250. The number of ketones is 1. The largest absolute Gasteiger partial charge is 0.507 e. The number of hydrogen-bond donors (Lipinski definition) is 2. The Balaban J connectivity index is 1.89. The number of hydrogen-bond acceptors (Lipinski definition) is 4. The minimum atomic E-state index is -0.512. The Kier molecular flexibility index (Phi) is 4.26. The summed E-state index contributed by atoms with van der Waals surface area (Å²) in [6.45, 7) is 3.89. The van der Waals surface area contributed by atoms with Gasteiger partial charge in [-0.3, -0.25) is 14.5 Å². The number of amides is 1. The number of aromatic hydroxyl groups is 1. The van der Waals surface area contributed by atoms with Crippen LogP contribution in [-0.2, 0) is 9.59 Å². The van der Waals surface area contributed by atoms with E-state index in [1.807, 2.05) is 26.0 Å². The SMILES string of the molecule is CC(C)C1C(=O)C(=O)N(c2ccc3nc[nH]c3c2)C1c1ccc(O)c(Br)c1. The first-order valence-corrected chi connectivity index (χ1v) is 9.46. The van der Waals surface area contributed by atoms with Gasteiger partial charge in [-0.05, 0) is 57.7 Å². The summed E-state index contributed by atoms with van der Waals surface area (Å²) in [4.78, 5) is 34.5. The summed E-state index contributed by atoms with van der Waals surface area (Å²) in [6, 6.07) is 10.1. The molecule has 0 bridgehead atoms. The maximum Gasteiger partial charge on any atom is 0.295 e. The summed E-state index contributed by atoms with van der Waals surface area (Å²) in [7, 11) is 0. The van der Waals surface area contributed by atoms with Crippen LogP contribution < -0.4 is 4.90 Å². The normalized spacial score (nSPS) is 20.2. The van der Waals surface area contributed by atoms with Gasteiger partial charge in [-0.25, -0.2) is 4.98 Å². The zero-order chi connectivity index (χ0) is 19.3. The van der Waals surface area contributed by atoms with Crippen molar-refractivity contribution in [3.63, 3.8) is 0 Å². The van der Waals surface area contributed by atoms with Gasteiger partial charge >= 0.3 is 0 Å². The lowest BCUT2D eigenvalue weighted by Gasteiger charge is -2.29. The zero-order valence-corrected chi connectivity index (χ0v) is 16.4. The molecule has 1 aromatic heterocycles. The van der Waals surface area contributed by atoms with Crippen molar-refractivity contribution in [1.82, 2.24) is 9.97 Å². The monoisotopic (exact) mass is 427 g/mol. The Bertz CT molecular complexity index is 1060. The van der Waals surface area contributed by atoms with Gasteiger partial charge in [-0.15, -0.1) is 0 Å². The molecule has 1 aliphatic heterocycles. The molecule has 0 spiro atoms. The lowest BCUT2D eigenvalue weighted by Crippen LogP contribution is -2.30. The smallest absolute Gasteiger partial charge is 0.295 e. The summed E-state index contributed by atoms with van der Waals surface area (Å²) in [5, 5.41) is 9.84. The van der Waals surface area contributed by atoms with Gasteiger partial charge in [-0.2, -0.15) is 0 Å². The molecule has 1 saturated heterocycles. The predicted octanol–water partition coefficient (Wildman–Crippen LogP) is 3.96. The lowest BCUT2D eigenvalue weighted by atomic mass is 9.84. The van der Waals surface area contributed by atoms with E-state index in [4.69, 9.17) is 0 Å². The number of anilines is 1. The molecule has 1 fully saturated rings. The van der Waals surface area contributed by atoms with Crippen molar-refractivity contribution < 1.29 is 14.7 Å². The van der Waals surface area contributed by atoms with Gasteiger partial charge in [-0.1, -0.05) is 19.9 Å². The number of rotatable bonds is 3. The summed E-state index contributed by atoms with van der Waals surface area (Å²) in [6.07, 6.45) is 1.59. The number of imidazole rings is 1. The first kappa shape index (κ1) is 17.7. The number of nitrogens with one attached hydrogen (secondary N) is 1. The second-order valence-corrected chi connectivity index (χ2v) is 7.92. The van der Waals surface area contributed by atoms with Crippen LogP contribution in [0, 0.1) is 11.8 Å². The molecule has 2 N–H and O–H groups in total. The number of aromatic nitrogens is 2. The highest BCUT2D eigenvalue weighted by Crippen LogP contribution is 2.44. The van der Waals surface area contributed by atoms with Gasteiger partial charge in [0.2, 0.25) is 5.78 Å². The molecule has 138 valence electrons. The van der Waals surface area contributed by atoms with Crippen LogP contribution in [0.2, 0.25) is 0 Å². The Labute approximate surface area is 164 Å². The molecular weight excluding hydrogens is 410 g/mol. The molecule has 1 aliphatic rings. The second-order valence-electron chi connectivity index (χ2n) is 7.07. The van der Waals surface area contributed by atoms with Gasteiger partial charge in [0.1, 0.15) is 5.75 Å². The molecule has 1 amide bonds. The minimum absolute atomic E-state index is 0.0140. The van der Waals surface area contributed by atoms with E-state index in [0.29, 0.717) is 10.2 Å². The quantitative estimate of drug-likeness (QED) is 0.619. The summed E-state index contributed by atoms with van der Waals surface area (Å²) < 4.78 is 0.526. The molecule has 0 radical (unpaired) electrons. The zero-order valence-electron chi connectivity index (χ0n) is 14.8. The molecule has 2 unspecified atom stereocenters. The van der Waals surface area contributed by atoms with Crippen LogP contribution in [0.25, 0.3) is 11.0 Å². The number of phenols is 1. The van der Waals surface area contributed by atoms with Crippen molar-refractivity contribution in [2.75, 3.05) is 4.90 Å². The molecule has 7 heteroatoms. The highest BCUT2D eigenvalue weighted by atomic mass is 79.9. The van der Waals surface area contributed by atoms with Crippen molar-refractivity contribution in [3.8, 4) is 5.75 Å². The van der Waals surface area contributed by atoms with Crippen LogP contribution >= 0.6 is 15.9 Å². The maximum atomic E-state index is 12.9. The standard InChI is InChI=1S/C20H18BrN3O3/c1-10(2)17-18(11-3-6-16(25)13(21)7-11)24(20(27)19(17)26)12-4-5-14-15(8-12)23-9-22-14/h3-10,17-18,25H,1-2H3,(H,22,23). The van der Waals surface area contributed by atoms with Crippen LogP contribution in [0.4, 0.5) is 5.69 Å². The third-order valence-corrected chi connectivity index (χ3v) is 5.70. The van der Waals surface area contributed by atoms with E-state index in [9.17, 15) is 14.7 Å². The lowest BCUT2D eigenvalue weighted by molar-refractivity contribution is -0.136. The Morgan fingerprint density at radius 2 is 1.96 bits per heavy atom. The number of nitrogens with zero attached hydrogens (tertiary/aromatic N) is 2. The molecule has 3 aromatic rings. The number of phenolic OH excluding ortho intramolecular Hbond substituents is 1. The van der Waals surface area contributed by atoms with Crippen LogP contribution in [0.3, 0.4) is 0 Å². The van der Waals surface area contributed by atoms with Gasteiger partial charge in [0.05, 0.1) is 33.8 Å². The molecule has 2 atom stereocenters. The molecule has 2 aromatic carbocycles. The second kappa shape index (κ2) is 6.49. The number of aromatic amines is 1. The number of carbonyl (C=O) groups excluding carboxylic acids is 2.